The Morgan fingerprint density at radius 1 is 0.943 bits per heavy atom. The molecule has 0 saturated carbocycles. The molecule has 0 atom stereocenters. The standard InChI is InChI=1S/C25H25N3O6S/c1-17-9-11-23(12-10-17)35(33,34)28(22-8-4-7-21(14-22)27-18(2)29)16-24(30)26-15-19-5-3-6-20(13-19)25(31)32/h3-14H,15-16H2,1-2H3,(H,26,30)(H,27,29)(H,31,32). The van der Waals surface area contributed by atoms with Gasteiger partial charge in [0.05, 0.1) is 16.1 Å². The van der Waals surface area contributed by atoms with Crippen molar-refractivity contribution < 1.29 is 27.9 Å². The molecule has 0 aliphatic carbocycles. The summed E-state index contributed by atoms with van der Waals surface area (Å²) in [4.78, 5) is 35.5. The molecule has 0 aromatic heterocycles. The third kappa shape index (κ3) is 6.67. The lowest BCUT2D eigenvalue weighted by Gasteiger charge is -2.24. The first-order valence-electron chi connectivity index (χ1n) is 10.6. The largest absolute Gasteiger partial charge is 0.478 e. The van der Waals surface area contributed by atoms with Crippen LogP contribution in [-0.2, 0) is 26.2 Å². The maximum Gasteiger partial charge on any atom is 0.335 e. The fourth-order valence-corrected chi connectivity index (χ4v) is 4.71. The first-order valence-corrected chi connectivity index (χ1v) is 12.1. The van der Waals surface area contributed by atoms with E-state index in [0.29, 0.717) is 11.3 Å². The Labute approximate surface area is 203 Å². The molecule has 0 unspecified atom stereocenters. The molecule has 10 heteroatoms. The summed E-state index contributed by atoms with van der Waals surface area (Å²) in [5.74, 6) is -2.00. The monoisotopic (exact) mass is 495 g/mol. The predicted octanol–water partition coefficient (Wildman–Crippen LogP) is 3.16. The van der Waals surface area contributed by atoms with Gasteiger partial charge in [-0.05, 0) is 55.0 Å². The van der Waals surface area contributed by atoms with Crippen LogP contribution < -0.4 is 14.9 Å². The molecule has 3 N–H and O–H groups in total. The van der Waals surface area contributed by atoms with Gasteiger partial charge in [0.1, 0.15) is 6.54 Å². The number of aromatic carboxylic acids is 1. The smallest absolute Gasteiger partial charge is 0.335 e. The van der Waals surface area contributed by atoms with Crippen LogP contribution in [0, 0.1) is 6.92 Å². The van der Waals surface area contributed by atoms with Crippen molar-refractivity contribution in [1.82, 2.24) is 5.32 Å². The zero-order valence-electron chi connectivity index (χ0n) is 19.2. The number of anilines is 2. The zero-order valence-corrected chi connectivity index (χ0v) is 20.0. The second-order valence-electron chi connectivity index (χ2n) is 7.84. The second-order valence-corrected chi connectivity index (χ2v) is 9.70. The molecule has 35 heavy (non-hydrogen) atoms. The Kier molecular flexibility index (Phi) is 7.87. The lowest BCUT2D eigenvalue weighted by Crippen LogP contribution is -2.40. The van der Waals surface area contributed by atoms with Crippen molar-refractivity contribution in [3.63, 3.8) is 0 Å². The molecule has 2 amide bonds. The fraction of sp³-hybridized carbons (Fsp3) is 0.160. The van der Waals surface area contributed by atoms with Crippen LogP contribution in [0.1, 0.15) is 28.4 Å². The van der Waals surface area contributed by atoms with Gasteiger partial charge < -0.3 is 15.7 Å². The van der Waals surface area contributed by atoms with Crippen LogP contribution in [-0.4, -0.2) is 37.9 Å². The van der Waals surface area contributed by atoms with E-state index in [9.17, 15) is 22.8 Å². The van der Waals surface area contributed by atoms with Gasteiger partial charge in [0, 0.05) is 19.2 Å². The maximum atomic E-state index is 13.5. The minimum absolute atomic E-state index is 0.00925. The predicted molar refractivity (Wildman–Crippen MR) is 132 cm³/mol. The van der Waals surface area contributed by atoms with E-state index in [1.165, 1.54) is 43.3 Å². The van der Waals surface area contributed by atoms with Crippen molar-refractivity contribution >= 4 is 39.2 Å². The minimum Gasteiger partial charge on any atom is -0.478 e. The second kappa shape index (κ2) is 10.8. The number of carboxylic acids is 1. The van der Waals surface area contributed by atoms with E-state index in [0.717, 1.165) is 9.87 Å². The highest BCUT2D eigenvalue weighted by Gasteiger charge is 2.27. The lowest BCUT2D eigenvalue weighted by atomic mass is 10.1. The molecule has 0 fully saturated rings. The topological polar surface area (TPSA) is 133 Å². The van der Waals surface area contributed by atoms with Crippen LogP contribution in [0.3, 0.4) is 0 Å². The number of amides is 2. The van der Waals surface area contributed by atoms with Gasteiger partial charge in [-0.25, -0.2) is 13.2 Å². The Bertz CT molecular complexity index is 1350. The Morgan fingerprint density at radius 2 is 1.63 bits per heavy atom. The number of hydrogen-bond donors (Lipinski definition) is 3. The normalized spacial score (nSPS) is 10.9. The highest BCUT2D eigenvalue weighted by molar-refractivity contribution is 7.92. The van der Waals surface area contributed by atoms with Crippen molar-refractivity contribution in [3.8, 4) is 0 Å². The molecule has 9 nitrogen and oxygen atoms in total. The van der Waals surface area contributed by atoms with Gasteiger partial charge in [0.2, 0.25) is 11.8 Å². The van der Waals surface area contributed by atoms with E-state index in [4.69, 9.17) is 5.11 Å². The van der Waals surface area contributed by atoms with E-state index < -0.39 is 28.4 Å². The number of hydrogen-bond acceptors (Lipinski definition) is 5. The number of carboxylic acid groups (broad SMARTS) is 1. The summed E-state index contributed by atoms with van der Waals surface area (Å²) < 4.78 is 28.0. The first kappa shape index (κ1) is 25.4. The van der Waals surface area contributed by atoms with Gasteiger partial charge in [-0.2, -0.15) is 0 Å². The van der Waals surface area contributed by atoms with Crippen molar-refractivity contribution in [2.45, 2.75) is 25.3 Å². The molecular formula is C25H25N3O6S. The number of sulfonamides is 1. The number of rotatable bonds is 9. The average Bonchev–Trinajstić information content (AvgIpc) is 2.81. The molecule has 0 radical (unpaired) electrons. The van der Waals surface area contributed by atoms with Gasteiger partial charge in [0.25, 0.3) is 10.0 Å². The Morgan fingerprint density at radius 3 is 2.29 bits per heavy atom. The third-order valence-electron chi connectivity index (χ3n) is 5.01. The molecular weight excluding hydrogens is 470 g/mol. The minimum atomic E-state index is -4.13. The summed E-state index contributed by atoms with van der Waals surface area (Å²) in [5.41, 5.74) is 2.09. The summed E-state index contributed by atoms with van der Waals surface area (Å²) in [6.07, 6.45) is 0. The Balaban J connectivity index is 1.89. The first-order chi connectivity index (χ1) is 16.6. The van der Waals surface area contributed by atoms with Crippen LogP contribution in [0.15, 0.2) is 77.7 Å². The molecule has 0 aliphatic heterocycles. The van der Waals surface area contributed by atoms with Gasteiger partial charge in [-0.15, -0.1) is 0 Å². The van der Waals surface area contributed by atoms with Crippen LogP contribution in [0.25, 0.3) is 0 Å². The summed E-state index contributed by atoms with van der Waals surface area (Å²) in [5, 5.41) is 14.4. The molecule has 0 heterocycles. The Hall–Kier alpha value is -4.18. The van der Waals surface area contributed by atoms with E-state index in [1.807, 2.05) is 6.92 Å². The van der Waals surface area contributed by atoms with Crippen molar-refractivity contribution in [1.29, 1.82) is 0 Å². The molecule has 0 spiro atoms. The van der Waals surface area contributed by atoms with Crippen LogP contribution >= 0.6 is 0 Å². The van der Waals surface area contributed by atoms with E-state index in [1.54, 1.807) is 36.4 Å². The highest BCUT2D eigenvalue weighted by Crippen LogP contribution is 2.26. The van der Waals surface area contributed by atoms with E-state index in [-0.39, 0.29) is 28.6 Å². The van der Waals surface area contributed by atoms with Gasteiger partial charge in [-0.3, -0.25) is 13.9 Å². The number of carbonyl (C=O) groups excluding carboxylic acids is 2. The SMILES string of the molecule is CC(=O)Nc1cccc(N(CC(=O)NCc2cccc(C(=O)O)c2)S(=O)(=O)c2ccc(C)cc2)c1. The molecule has 0 bridgehead atoms. The van der Waals surface area contributed by atoms with E-state index in [2.05, 4.69) is 10.6 Å². The quantitative estimate of drug-likeness (QED) is 0.418. The molecule has 0 saturated heterocycles. The van der Waals surface area contributed by atoms with Crippen molar-refractivity contribution in [2.75, 3.05) is 16.2 Å². The van der Waals surface area contributed by atoms with E-state index >= 15 is 0 Å². The van der Waals surface area contributed by atoms with Gasteiger partial charge in [-0.1, -0.05) is 35.9 Å². The highest BCUT2D eigenvalue weighted by atomic mass is 32.2. The van der Waals surface area contributed by atoms with Crippen LogP contribution in [0.2, 0.25) is 0 Å². The van der Waals surface area contributed by atoms with Gasteiger partial charge >= 0.3 is 5.97 Å². The number of carbonyl (C=O) groups is 3. The molecule has 3 aromatic rings. The van der Waals surface area contributed by atoms with Crippen molar-refractivity contribution in [3.05, 3.63) is 89.5 Å². The number of nitrogens with one attached hydrogen (secondary N) is 2. The molecule has 182 valence electrons. The maximum absolute atomic E-state index is 13.5. The summed E-state index contributed by atoms with van der Waals surface area (Å²) in [6.45, 7) is 2.65. The zero-order chi connectivity index (χ0) is 25.6. The number of aryl methyl sites for hydroxylation is 1. The molecule has 0 aliphatic rings. The number of benzene rings is 3. The molecule has 3 rings (SSSR count). The average molecular weight is 496 g/mol. The number of nitrogens with zero attached hydrogens (tertiary/aromatic N) is 1. The lowest BCUT2D eigenvalue weighted by molar-refractivity contribution is -0.119. The summed E-state index contributed by atoms with van der Waals surface area (Å²) in [6, 6.07) is 18.5. The van der Waals surface area contributed by atoms with Crippen molar-refractivity contribution in [2.24, 2.45) is 0 Å². The van der Waals surface area contributed by atoms with Gasteiger partial charge in [0.15, 0.2) is 0 Å². The third-order valence-corrected chi connectivity index (χ3v) is 6.80. The molecule has 3 aromatic carbocycles. The fourth-order valence-electron chi connectivity index (χ4n) is 3.30. The van der Waals surface area contributed by atoms with Crippen LogP contribution in [0.5, 0.6) is 0 Å². The summed E-state index contributed by atoms with van der Waals surface area (Å²) in [7, 11) is -4.13. The summed E-state index contributed by atoms with van der Waals surface area (Å²) >= 11 is 0. The van der Waals surface area contributed by atoms with Crippen LogP contribution in [0.4, 0.5) is 11.4 Å².